The zero-order valence-corrected chi connectivity index (χ0v) is 17.3. The van der Waals surface area contributed by atoms with Gasteiger partial charge in [-0.2, -0.15) is 13.2 Å². The first-order valence-corrected chi connectivity index (χ1v) is 11.4. The fraction of sp³-hybridized carbons (Fsp3) is 0.957. The van der Waals surface area contributed by atoms with Crippen LogP contribution in [0.15, 0.2) is 0 Å². The van der Waals surface area contributed by atoms with Gasteiger partial charge in [-0.05, 0) is 106 Å². The molecule has 8 atom stereocenters. The summed E-state index contributed by atoms with van der Waals surface area (Å²) in [5, 5.41) is 0. The largest absolute Gasteiger partial charge is 0.450 e. The summed E-state index contributed by atoms with van der Waals surface area (Å²) in [6.07, 6.45) is 4.54. The molecule has 4 saturated carbocycles. The summed E-state index contributed by atoms with van der Waals surface area (Å²) in [5.41, 5.74) is -0.438. The zero-order chi connectivity index (χ0) is 20.1. The van der Waals surface area contributed by atoms with Crippen molar-refractivity contribution >= 4 is 5.78 Å². The molecule has 0 bridgehead atoms. The Hall–Kier alpha value is -0.580. The summed E-state index contributed by atoms with van der Waals surface area (Å²) in [4.78, 5) is 12.1. The third kappa shape index (κ3) is 3.44. The van der Waals surface area contributed by atoms with Gasteiger partial charge >= 0.3 is 6.18 Å². The first kappa shape index (κ1) is 20.7. The molecule has 4 aliphatic carbocycles. The molecule has 160 valence electrons. The molecule has 2 nitrogen and oxygen atoms in total. The summed E-state index contributed by atoms with van der Waals surface area (Å²) in [7, 11) is 0. The molecule has 4 aliphatic rings. The van der Waals surface area contributed by atoms with E-state index in [1.54, 1.807) is 0 Å². The van der Waals surface area contributed by atoms with Gasteiger partial charge in [0.05, 0.1) is 0 Å². The summed E-state index contributed by atoms with van der Waals surface area (Å²) in [6.45, 7) is 5.72. The molecule has 5 heteroatoms. The van der Waals surface area contributed by atoms with Gasteiger partial charge in [0.1, 0.15) is 0 Å². The van der Waals surface area contributed by atoms with Crippen molar-refractivity contribution in [2.45, 2.75) is 77.8 Å². The van der Waals surface area contributed by atoms with Gasteiger partial charge in [-0.25, -0.2) is 0 Å². The lowest BCUT2D eigenvalue weighted by Crippen LogP contribution is -2.50. The Bertz CT molecular complexity index is 589. The number of hydrogen-bond donors (Lipinski definition) is 0. The van der Waals surface area contributed by atoms with Crippen LogP contribution in [-0.2, 0) is 9.53 Å². The van der Waals surface area contributed by atoms with Crippen LogP contribution in [0.3, 0.4) is 0 Å². The number of ether oxygens (including phenoxy) is 1. The van der Waals surface area contributed by atoms with Gasteiger partial charge < -0.3 is 4.74 Å². The average molecular weight is 401 g/mol. The third-order valence-electron chi connectivity index (χ3n) is 9.22. The standard InChI is InChI=1S/C23H35F3O2/c1-3-28-13-14-4-6-16-15(12-14)5-7-18-17(16)10-11-22(2)19(18)8-9-20(22)21(27)23(24,25)26/h14-20H,3-13H2,1-2H3. The number of rotatable bonds is 4. The molecule has 8 unspecified atom stereocenters. The van der Waals surface area contributed by atoms with E-state index >= 15 is 0 Å². The Morgan fingerprint density at radius 1 is 1.00 bits per heavy atom. The molecule has 0 aromatic heterocycles. The second kappa shape index (κ2) is 7.59. The van der Waals surface area contributed by atoms with E-state index in [1.807, 2.05) is 13.8 Å². The first-order valence-electron chi connectivity index (χ1n) is 11.4. The maximum atomic E-state index is 13.1. The Morgan fingerprint density at radius 3 is 2.46 bits per heavy atom. The fourth-order valence-corrected chi connectivity index (χ4v) is 8.01. The minimum Gasteiger partial charge on any atom is -0.381 e. The SMILES string of the molecule is CCOCC1CCC2C(CCC3C2CCC2(C)C(C(=O)C(F)(F)F)CCC32)C1. The van der Waals surface area contributed by atoms with Crippen molar-refractivity contribution < 1.29 is 22.7 Å². The van der Waals surface area contributed by atoms with E-state index in [0.717, 1.165) is 50.7 Å². The molecule has 4 rings (SSSR count). The predicted octanol–water partition coefficient (Wildman–Crippen LogP) is 6.04. The maximum absolute atomic E-state index is 13.1. The second-order valence-corrected chi connectivity index (χ2v) is 10.3. The average Bonchev–Trinajstić information content (AvgIpc) is 3.01. The van der Waals surface area contributed by atoms with Crippen molar-refractivity contribution in [3.05, 3.63) is 0 Å². The maximum Gasteiger partial charge on any atom is 0.450 e. The van der Waals surface area contributed by atoms with Crippen LogP contribution >= 0.6 is 0 Å². The highest BCUT2D eigenvalue weighted by Gasteiger charge is 2.61. The molecule has 28 heavy (non-hydrogen) atoms. The molecule has 0 aliphatic heterocycles. The highest BCUT2D eigenvalue weighted by molar-refractivity contribution is 5.87. The van der Waals surface area contributed by atoms with Gasteiger partial charge in [0.25, 0.3) is 0 Å². The van der Waals surface area contributed by atoms with Crippen molar-refractivity contribution in [1.29, 1.82) is 0 Å². The van der Waals surface area contributed by atoms with Crippen molar-refractivity contribution in [3.63, 3.8) is 0 Å². The highest BCUT2D eigenvalue weighted by atomic mass is 19.4. The van der Waals surface area contributed by atoms with Crippen LogP contribution in [-0.4, -0.2) is 25.2 Å². The number of Topliss-reactive ketones (excluding diaryl/α,β-unsaturated/α-hetero) is 1. The number of ketones is 1. The topological polar surface area (TPSA) is 26.3 Å². The van der Waals surface area contributed by atoms with Gasteiger partial charge in [-0.1, -0.05) is 6.92 Å². The van der Waals surface area contributed by atoms with Gasteiger partial charge in [0.2, 0.25) is 5.78 Å². The molecule has 0 N–H and O–H groups in total. The van der Waals surface area contributed by atoms with E-state index in [2.05, 4.69) is 0 Å². The molecule has 0 saturated heterocycles. The molecular formula is C23H35F3O2. The lowest BCUT2D eigenvalue weighted by molar-refractivity contribution is -0.181. The van der Waals surface area contributed by atoms with Crippen LogP contribution in [0.2, 0.25) is 0 Å². The monoisotopic (exact) mass is 400 g/mol. The van der Waals surface area contributed by atoms with Crippen molar-refractivity contribution in [3.8, 4) is 0 Å². The van der Waals surface area contributed by atoms with Gasteiger partial charge in [-0.3, -0.25) is 4.79 Å². The predicted molar refractivity (Wildman–Crippen MR) is 102 cm³/mol. The van der Waals surface area contributed by atoms with Crippen molar-refractivity contribution in [2.24, 2.45) is 46.8 Å². The molecule has 0 amide bonds. The summed E-state index contributed by atoms with van der Waals surface area (Å²) in [5.74, 6) is 1.46. The number of hydrogen-bond acceptors (Lipinski definition) is 2. The Labute approximate surface area is 167 Å². The molecule has 0 spiro atoms. The van der Waals surface area contributed by atoms with Crippen LogP contribution in [0.1, 0.15) is 71.6 Å². The lowest BCUT2D eigenvalue weighted by Gasteiger charge is -2.56. The van der Waals surface area contributed by atoms with Crippen LogP contribution in [0, 0.1) is 46.8 Å². The number of halogens is 3. The molecule has 4 fully saturated rings. The van der Waals surface area contributed by atoms with E-state index in [4.69, 9.17) is 4.74 Å². The van der Waals surface area contributed by atoms with Crippen LogP contribution in [0.25, 0.3) is 0 Å². The van der Waals surface area contributed by atoms with E-state index in [0.29, 0.717) is 30.1 Å². The fourth-order valence-electron chi connectivity index (χ4n) is 8.01. The second-order valence-electron chi connectivity index (χ2n) is 10.3. The zero-order valence-electron chi connectivity index (χ0n) is 17.3. The third-order valence-corrected chi connectivity index (χ3v) is 9.22. The summed E-state index contributed by atoms with van der Waals surface area (Å²) < 4.78 is 45.1. The van der Waals surface area contributed by atoms with Gasteiger partial charge in [-0.15, -0.1) is 0 Å². The van der Waals surface area contributed by atoms with E-state index in [1.165, 1.54) is 25.7 Å². The highest BCUT2D eigenvalue weighted by Crippen LogP contribution is 2.65. The van der Waals surface area contributed by atoms with Crippen LogP contribution in [0.5, 0.6) is 0 Å². The normalized spacial score (nSPS) is 45.8. The van der Waals surface area contributed by atoms with E-state index in [9.17, 15) is 18.0 Å². The first-order chi connectivity index (χ1) is 13.3. The lowest BCUT2D eigenvalue weighted by atomic mass is 9.49. The number of carbonyl (C=O) groups is 1. The molecule has 0 radical (unpaired) electrons. The Balaban J connectivity index is 1.46. The minimum absolute atomic E-state index is 0.310. The summed E-state index contributed by atoms with van der Waals surface area (Å²) in [6, 6.07) is 0. The molecule has 0 aromatic carbocycles. The van der Waals surface area contributed by atoms with Crippen LogP contribution in [0.4, 0.5) is 13.2 Å². The molecule has 0 heterocycles. The van der Waals surface area contributed by atoms with Crippen LogP contribution < -0.4 is 0 Å². The van der Waals surface area contributed by atoms with Gasteiger partial charge in [0, 0.05) is 19.1 Å². The molecule has 0 aromatic rings. The summed E-state index contributed by atoms with van der Waals surface area (Å²) >= 11 is 0. The minimum atomic E-state index is -4.68. The number of fused-ring (bicyclic) bond motifs is 5. The number of alkyl halides is 3. The smallest absolute Gasteiger partial charge is 0.381 e. The quantitative estimate of drug-likeness (QED) is 0.575. The van der Waals surface area contributed by atoms with Crippen molar-refractivity contribution in [1.82, 2.24) is 0 Å². The van der Waals surface area contributed by atoms with Crippen molar-refractivity contribution in [2.75, 3.05) is 13.2 Å². The molecular weight excluding hydrogens is 365 g/mol. The van der Waals surface area contributed by atoms with E-state index in [-0.39, 0.29) is 0 Å². The van der Waals surface area contributed by atoms with Gasteiger partial charge in [0.15, 0.2) is 0 Å². The Kier molecular flexibility index (Phi) is 5.61. The number of carbonyl (C=O) groups excluding carboxylic acids is 1. The Morgan fingerprint density at radius 2 is 1.75 bits per heavy atom. The van der Waals surface area contributed by atoms with E-state index < -0.39 is 23.3 Å².